The molecule has 1 unspecified atom stereocenters. The second-order valence-corrected chi connectivity index (χ2v) is 5.36. The van der Waals surface area contributed by atoms with Crippen LogP contribution in [-0.2, 0) is 14.3 Å². The van der Waals surface area contributed by atoms with Crippen LogP contribution in [-0.4, -0.2) is 24.2 Å². The minimum absolute atomic E-state index is 0.0825. The normalized spacial score (nSPS) is 18.1. The number of carbonyl (C=O) groups is 2. The number of allylic oxidation sites excluding steroid dienone is 2. The standard InChI is InChI=1S/C16H16ClNO4/c1-8-12(15(19)20)14(10-6-4-5-7-11(10)17)13(9(2)18-8)16(21)22-3/h4-7,14,18H,1-3H3,(H,19,20). The van der Waals surface area contributed by atoms with Crippen molar-refractivity contribution in [1.82, 2.24) is 5.32 Å². The number of halogens is 1. The molecular formula is C16H16ClNO4. The van der Waals surface area contributed by atoms with Gasteiger partial charge in [-0.15, -0.1) is 0 Å². The number of carboxylic acids is 1. The van der Waals surface area contributed by atoms with Crippen LogP contribution in [0.15, 0.2) is 46.8 Å². The molecule has 6 heteroatoms. The van der Waals surface area contributed by atoms with Crippen LogP contribution < -0.4 is 5.32 Å². The molecule has 2 rings (SSSR count). The Morgan fingerprint density at radius 2 is 1.77 bits per heavy atom. The van der Waals surface area contributed by atoms with Crippen molar-refractivity contribution in [2.24, 2.45) is 0 Å². The molecule has 2 N–H and O–H groups in total. The first-order valence-corrected chi connectivity index (χ1v) is 7.00. The Balaban J connectivity index is 2.73. The molecule has 1 aliphatic heterocycles. The molecule has 5 nitrogen and oxygen atoms in total. The number of hydrogen-bond donors (Lipinski definition) is 2. The zero-order valence-electron chi connectivity index (χ0n) is 12.4. The molecule has 1 aromatic carbocycles. The van der Waals surface area contributed by atoms with Gasteiger partial charge in [0.1, 0.15) is 0 Å². The molecule has 0 radical (unpaired) electrons. The Hall–Kier alpha value is -2.27. The Labute approximate surface area is 133 Å². The van der Waals surface area contributed by atoms with Gasteiger partial charge in [-0.1, -0.05) is 29.8 Å². The van der Waals surface area contributed by atoms with E-state index in [1.165, 1.54) is 7.11 Å². The molecule has 0 fully saturated rings. The SMILES string of the molecule is COC(=O)C1=C(C)NC(C)=C(C(=O)O)C1c1ccccc1Cl. The topological polar surface area (TPSA) is 75.6 Å². The van der Waals surface area contributed by atoms with Crippen molar-refractivity contribution < 1.29 is 19.4 Å². The van der Waals surface area contributed by atoms with E-state index in [1.54, 1.807) is 38.1 Å². The fraction of sp³-hybridized carbons (Fsp3) is 0.250. The Morgan fingerprint density at radius 3 is 2.32 bits per heavy atom. The summed E-state index contributed by atoms with van der Waals surface area (Å²) in [6.07, 6.45) is 0. The molecule has 0 saturated heterocycles. The molecule has 0 amide bonds. The van der Waals surface area contributed by atoms with E-state index in [9.17, 15) is 14.7 Å². The average Bonchev–Trinajstić information content (AvgIpc) is 2.45. The summed E-state index contributed by atoms with van der Waals surface area (Å²) in [6.45, 7) is 3.36. The number of rotatable bonds is 3. The van der Waals surface area contributed by atoms with E-state index < -0.39 is 17.9 Å². The van der Waals surface area contributed by atoms with E-state index in [4.69, 9.17) is 16.3 Å². The number of benzene rings is 1. The zero-order chi connectivity index (χ0) is 16.4. The zero-order valence-corrected chi connectivity index (χ0v) is 13.2. The first-order valence-electron chi connectivity index (χ1n) is 6.63. The number of carbonyl (C=O) groups excluding carboxylic acids is 1. The lowest BCUT2D eigenvalue weighted by atomic mass is 9.80. The molecule has 0 aliphatic carbocycles. The molecule has 22 heavy (non-hydrogen) atoms. The average molecular weight is 322 g/mol. The van der Waals surface area contributed by atoms with Gasteiger partial charge < -0.3 is 15.2 Å². The van der Waals surface area contributed by atoms with E-state index in [2.05, 4.69) is 5.32 Å². The maximum absolute atomic E-state index is 12.2. The lowest BCUT2D eigenvalue weighted by molar-refractivity contribution is -0.136. The van der Waals surface area contributed by atoms with Crippen LogP contribution in [0.25, 0.3) is 0 Å². The number of nitrogens with one attached hydrogen (secondary N) is 1. The lowest BCUT2D eigenvalue weighted by Crippen LogP contribution is -2.31. The number of aliphatic carboxylic acids is 1. The summed E-state index contributed by atoms with van der Waals surface area (Å²) in [7, 11) is 1.26. The summed E-state index contributed by atoms with van der Waals surface area (Å²) >= 11 is 6.23. The van der Waals surface area contributed by atoms with Gasteiger partial charge in [-0.25, -0.2) is 9.59 Å². The smallest absolute Gasteiger partial charge is 0.336 e. The first kappa shape index (κ1) is 16.1. The predicted octanol–water partition coefficient (Wildman–Crippen LogP) is 2.83. The minimum atomic E-state index is -1.11. The largest absolute Gasteiger partial charge is 0.478 e. The van der Waals surface area contributed by atoms with Gasteiger partial charge in [-0.3, -0.25) is 0 Å². The maximum Gasteiger partial charge on any atom is 0.336 e. The van der Waals surface area contributed by atoms with Crippen LogP contribution in [0.3, 0.4) is 0 Å². The lowest BCUT2D eigenvalue weighted by Gasteiger charge is -2.29. The van der Waals surface area contributed by atoms with Crippen molar-refractivity contribution in [1.29, 1.82) is 0 Å². The fourth-order valence-corrected chi connectivity index (χ4v) is 2.92. The van der Waals surface area contributed by atoms with Crippen LogP contribution in [0.2, 0.25) is 5.02 Å². The highest BCUT2D eigenvalue weighted by Crippen LogP contribution is 2.41. The third kappa shape index (κ3) is 2.72. The van der Waals surface area contributed by atoms with Gasteiger partial charge in [0, 0.05) is 16.4 Å². The number of hydrogen-bond acceptors (Lipinski definition) is 4. The number of dihydropyridines is 1. The maximum atomic E-state index is 12.2. The monoisotopic (exact) mass is 321 g/mol. The van der Waals surface area contributed by atoms with Crippen molar-refractivity contribution >= 4 is 23.5 Å². The quantitative estimate of drug-likeness (QED) is 0.837. The van der Waals surface area contributed by atoms with E-state index in [0.717, 1.165) is 0 Å². The van der Waals surface area contributed by atoms with Gasteiger partial charge in [0.05, 0.1) is 24.2 Å². The van der Waals surface area contributed by atoms with Crippen molar-refractivity contribution in [3.05, 3.63) is 57.4 Å². The number of methoxy groups -OCH3 is 1. The molecular weight excluding hydrogens is 306 g/mol. The molecule has 0 bridgehead atoms. The summed E-state index contributed by atoms with van der Waals surface area (Å²) in [5.74, 6) is -2.47. The fourth-order valence-electron chi connectivity index (χ4n) is 2.68. The first-order chi connectivity index (χ1) is 10.4. The highest BCUT2D eigenvalue weighted by molar-refractivity contribution is 6.31. The molecule has 0 saturated carbocycles. The van der Waals surface area contributed by atoms with Gasteiger partial charge in [0.25, 0.3) is 0 Å². The third-order valence-corrected chi connectivity index (χ3v) is 3.96. The van der Waals surface area contributed by atoms with Crippen LogP contribution in [0, 0.1) is 0 Å². The van der Waals surface area contributed by atoms with Crippen LogP contribution in [0.4, 0.5) is 0 Å². The Morgan fingerprint density at radius 1 is 1.18 bits per heavy atom. The molecule has 1 atom stereocenters. The minimum Gasteiger partial charge on any atom is -0.478 e. The van der Waals surface area contributed by atoms with Crippen LogP contribution >= 0.6 is 11.6 Å². The van der Waals surface area contributed by atoms with Crippen LogP contribution in [0.5, 0.6) is 0 Å². The van der Waals surface area contributed by atoms with Crippen molar-refractivity contribution in [2.75, 3.05) is 7.11 Å². The molecule has 0 aromatic heterocycles. The van der Waals surface area contributed by atoms with Gasteiger partial charge >= 0.3 is 11.9 Å². The number of ether oxygens (including phenoxy) is 1. The highest BCUT2D eigenvalue weighted by Gasteiger charge is 2.37. The second kappa shape index (κ2) is 6.23. The molecule has 116 valence electrons. The van der Waals surface area contributed by atoms with Gasteiger partial charge in [0.2, 0.25) is 0 Å². The van der Waals surface area contributed by atoms with E-state index in [-0.39, 0.29) is 11.1 Å². The number of esters is 1. The van der Waals surface area contributed by atoms with E-state index >= 15 is 0 Å². The van der Waals surface area contributed by atoms with Crippen molar-refractivity contribution in [3.63, 3.8) is 0 Å². The summed E-state index contributed by atoms with van der Waals surface area (Å²) < 4.78 is 4.82. The summed E-state index contributed by atoms with van der Waals surface area (Å²) in [6, 6.07) is 6.88. The van der Waals surface area contributed by atoms with E-state index in [1.807, 2.05) is 0 Å². The third-order valence-electron chi connectivity index (χ3n) is 3.61. The molecule has 1 heterocycles. The predicted molar refractivity (Wildman–Crippen MR) is 82.4 cm³/mol. The Bertz CT molecular complexity index is 706. The van der Waals surface area contributed by atoms with E-state index in [0.29, 0.717) is 22.0 Å². The summed E-state index contributed by atoms with van der Waals surface area (Å²) in [4.78, 5) is 23.9. The van der Waals surface area contributed by atoms with Gasteiger partial charge in [-0.2, -0.15) is 0 Å². The van der Waals surface area contributed by atoms with Crippen LogP contribution in [0.1, 0.15) is 25.3 Å². The molecule has 0 spiro atoms. The second-order valence-electron chi connectivity index (χ2n) is 4.95. The highest BCUT2D eigenvalue weighted by atomic mass is 35.5. The van der Waals surface area contributed by atoms with Crippen molar-refractivity contribution in [3.8, 4) is 0 Å². The number of carboxylic acid groups (broad SMARTS) is 1. The van der Waals surface area contributed by atoms with Gasteiger partial charge in [0.15, 0.2) is 0 Å². The molecule has 1 aliphatic rings. The molecule has 1 aromatic rings. The van der Waals surface area contributed by atoms with Gasteiger partial charge in [-0.05, 0) is 25.5 Å². The van der Waals surface area contributed by atoms with Crippen molar-refractivity contribution in [2.45, 2.75) is 19.8 Å². The summed E-state index contributed by atoms with van der Waals surface area (Å²) in [5.41, 5.74) is 1.92. The Kier molecular flexibility index (Phi) is 4.56. The summed E-state index contributed by atoms with van der Waals surface area (Å²) in [5, 5.41) is 12.9.